The molecule has 32 heavy (non-hydrogen) atoms. The first-order chi connectivity index (χ1) is 15.5. The van der Waals surface area contributed by atoms with Crippen LogP contribution in [0.2, 0.25) is 0 Å². The average molecular weight is 467 g/mol. The summed E-state index contributed by atoms with van der Waals surface area (Å²) in [6.07, 6.45) is -0.598. The Bertz CT molecular complexity index is 901. The van der Waals surface area contributed by atoms with Gasteiger partial charge < -0.3 is 19.6 Å². The van der Waals surface area contributed by atoms with Crippen LogP contribution in [0.1, 0.15) is 31.2 Å². The van der Waals surface area contributed by atoms with Gasteiger partial charge in [-0.25, -0.2) is 0 Å². The molecule has 4 nitrogen and oxygen atoms in total. The summed E-state index contributed by atoms with van der Waals surface area (Å²) in [5.74, 6) is 0. The molecule has 0 atom stereocenters. The first-order valence-electron chi connectivity index (χ1n) is 11.2. The molecule has 0 amide bonds. The maximum atomic E-state index is 13.4. The number of likely N-dealkylation sites (tertiary alicyclic amines) is 1. The third-order valence-corrected chi connectivity index (χ3v) is 7.13. The minimum Gasteiger partial charge on any atom is -0.396 e. The van der Waals surface area contributed by atoms with E-state index in [1.807, 2.05) is 29.2 Å². The summed E-state index contributed by atoms with van der Waals surface area (Å²) in [7, 11) is 0. The Morgan fingerprint density at radius 2 is 1.72 bits per heavy atom. The molecule has 0 unspecified atom stereocenters. The summed E-state index contributed by atoms with van der Waals surface area (Å²) in [5.41, 5.74) is 1.00. The number of alkyl halides is 3. The molecule has 0 radical (unpaired) electrons. The second-order valence-electron chi connectivity index (χ2n) is 8.24. The fraction of sp³-hybridized carbons (Fsp3) is 0.500. The number of hydrogen-bond donors (Lipinski definition) is 1. The fourth-order valence-electron chi connectivity index (χ4n) is 4.31. The van der Waals surface area contributed by atoms with Gasteiger partial charge in [-0.05, 0) is 62.6 Å². The van der Waals surface area contributed by atoms with E-state index < -0.39 is 11.7 Å². The van der Waals surface area contributed by atoms with Crippen molar-refractivity contribution in [2.24, 2.45) is 0 Å². The van der Waals surface area contributed by atoms with Gasteiger partial charge in [-0.2, -0.15) is 13.2 Å². The van der Waals surface area contributed by atoms with Crippen molar-refractivity contribution in [3.05, 3.63) is 48.0 Å². The Labute approximate surface area is 191 Å². The zero-order valence-electron chi connectivity index (χ0n) is 18.0. The van der Waals surface area contributed by atoms with E-state index in [0.29, 0.717) is 25.3 Å². The fourth-order valence-corrected chi connectivity index (χ4v) is 5.39. The van der Waals surface area contributed by atoms with Crippen LogP contribution in [-0.2, 0) is 10.9 Å². The Morgan fingerprint density at radius 1 is 0.969 bits per heavy atom. The molecule has 2 aliphatic rings. The van der Waals surface area contributed by atoms with Gasteiger partial charge in [-0.1, -0.05) is 23.9 Å². The molecule has 4 rings (SSSR count). The standard InChI is InChI=1S/C24H29F3N2O2S/c25-24(26,27)18-7-8-23-21(17-18)29(20-5-1-2-6-22(20)32-23)12-3-11-28-13-9-19(10-14-28)31-16-4-15-30/h1-2,5-8,17,19,30H,3-4,9-16H2. The first kappa shape index (κ1) is 23.4. The van der Waals surface area contributed by atoms with Gasteiger partial charge in [0.05, 0.1) is 23.0 Å². The summed E-state index contributed by atoms with van der Waals surface area (Å²) >= 11 is 1.53. The van der Waals surface area contributed by atoms with E-state index in [-0.39, 0.29) is 12.7 Å². The number of rotatable bonds is 8. The molecular formula is C24H29F3N2O2S. The summed E-state index contributed by atoms with van der Waals surface area (Å²) in [6, 6.07) is 12.0. The maximum absolute atomic E-state index is 13.4. The first-order valence-corrected chi connectivity index (χ1v) is 12.0. The highest BCUT2D eigenvalue weighted by atomic mass is 32.2. The zero-order valence-corrected chi connectivity index (χ0v) is 18.8. The van der Waals surface area contributed by atoms with Crippen molar-refractivity contribution in [2.75, 3.05) is 44.3 Å². The van der Waals surface area contributed by atoms with Crippen LogP contribution in [0, 0.1) is 0 Å². The largest absolute Gasteiger partial charge is 0.416 e. The molecule has 174 valence electrons. The number of fused-ring (bicyclic) bond motifs is 2. The summed E-state index contributed by atoms with van der Waals surface area (Å²) in [4.78, 5) is 6.38. The van der Waals surface area contributed by atoms with Crippen LogP contribution in [0.25, 0.3) is 0 Å². The van der Waals surface area contributed by atoms with E-state index in [0.717, 1.165) is 54.4 Å². The van der Waals surface area contributed by atoms with Gasteiger partial charge in [-0.15, -0.1) is 0 Å². The number of aliphatic hydroxyl groups is 1. The van der Waals surface area contributed by atoms with Crippen molar-refractivity contribution in [3.63, 3.8) is 0 Å². The van der Waals surface area contributed by atoms with Crippen LogP contribution in [0.3, 0.4) is 0 Å². The number of aliphatic hydroxyl groups excluding tert-OH is 1. The third-order valence-electron chi connectivity index (χ3n) is 6.00. The predicted molar refractivity (Wildman–Crippen MR) is 121 cm³/mol. The van der Waals surface area contributed by atoms with E-state index >= 15 is 0 Å². The molecule has 0 aliphatic carbocycles. The van der Waals surface area contributed by atoms with E-state index in [1.54, 1.807) is 6.07 Å². The van der Waals surface area contributed by atoms with Crippen molar-refractivity contribution >= 4 is 23.1 Å². The van der Waals surface area contributed by atoms with Gasteiger partial charge >= 0.3 is 6.18 Å². The van der Waals surface area contributed by atoms with Crippen LogP contribution in [0.5, 0.6) is 0 Å². The zero-order chi connectivity index (χ0) is 22.6. The normalized spacial score (nSPS) is 17.3. The van der Waals surface area contributed by atoms with Crippen LogP contribution < -0.4 is 4.90 Å². The quantitative estimate of drug-likeness (QED) is 0.516. The smallest absolute Gasteiger partial charge is 0.396 e. The van der Waals surface area contributed by atoms with Crippen LogP contribution in [-0.4, -0.2) is 55.5 Å². The highest BCUT2D eigenvalue weighted by Gasteiger charge is 2.33. The van der Waals surface area contributed by atoms with Gasteiger partial charge in [0.15, 0.2) is 0 Å². The molecule has 0 bridgehead atoms. The molecule has 2 aromatic rings. The number of piperidine rings is 1. The number of nitrogens with zero attached hydrogens (tertiary/aromatic N) is 2. The molecule has 2 aromatic carbocycles. The monoisotopic (exact) mass is 466 g/mol. The van der Waals surface area contributed by atoms with Crippen molar-refractivity contribution in [1.82, 2.24) is 4.90 Å². The van der Waals surface area contributed by atoms with Gasteiger partial charge in [0.2, 0.25) is 0 Å². The molecule has 1 N–H and O–H groups in total. The SMILES string of the molecule is OCCCOC1CCN(CCCN2c3ccccc3Sc3ccc(C(F)(F)F)cc32)CC1. The number of halogens is 3. The Balaban J connectivity index is 1.39. The molecule has 1 saturated heterocycles. The lowest BCUT2D eigenvalue weighted by atomic mass is 10.1. The number of anilines is 2. The number of benzene rings is 2. The molecular weight excluding hydrogens is 437 g/mol. The second-order valence-corrected chi connectivity index (χ2v) is 9.33. The van der Waals surface area contributed by atoms with Gasteiger partial charge in [-0.3, -0.25) is 0 Å². The lowest BCUT2D eigenvalue weighted by Crippen LogP contribution is -2.38. The molecule has 8 heteroatoms. The molecule has 2 heterocycles. The van der Waals surface area contributed by atoms with Gasteiger partial charge in [0.1, 0.15) is 0 Å². The van der Waals surface area contributed by atoms with E-state index in [4.69, 9.17) is 9.84 Å². The Hall–Kier alpha value is -1.74. The van der Waals surface area contributed by atoms with E-state index in [1.165, 1.54) is 23.9 Å². The van der Waals surface area contributed by atoms with Crippen molar-refractivity contribution in [1.29, 1.82) is 0 Å². The lowest BCUT2D eigenvalue weighted by Gasteiger charge is -2.35. The van der Waals surface area contributed by atoms with Crippen molar-refractivity contribution in [2.45, 2.75) is 47.8 Å². The molecule has 1 fully saturated rings. The topological polar surface area (TPSA) is 35.9 Å². The minimum absolute atomic E-state index is 0.157. The third kappa shape index (κ3) is 5.60. The molecule has 2 aliphatic heterocycles. The van der Waals surface area contributed by atoms with E-state index in [2.05, 4.69) is 4.90 Å². The summed E-state index contributed by atoms with van der Waals surface area (Å²) in [5, 5.41) is 8.87. The highest BCUT2D eigenvalue weighted by Crippen LogP contribution is 2.49. The van der Waals surface area contributed by atoms with Crippen LogP contribution >= 0.6 is 11.8 Å². The van der Waals surface area contributed by atoms with Gasteiger partial charge in [0, 0.05) is 42.6 Å². The average Bonchev–Trinajstić information content (AvgIpc) is 2.79. The summed E-state index contributed by atoms with van der Waals surface area (Å²) < 4.78 is 45.9. The number of hydrogen-bond acceptors (Lipinski definition) is 5. The van der Waals surface area contributed by atoms with E-state index in [9.17, 15) is 13.2 Å². The van der Waals surface area contributed by atoms with Crippen LogP contribution in [0.15, 0.2) is 52.3 Å². The summed E-state index contributed by atoms with van der Waals surface area (Å²) in [6.45, 7) is 4.26. The number of ether oxygens (including phenoxy) is 1. The molecule has 0 saturated carbocycles. The highest BCUT2D eigenvalue weighted by molar-refractivity contribution is 7.99. The Kier molecular flexibility index (Phi) is 7.66. The van der Waals surface area contributed by atoms with Crippen molar-refractivity contribution < 1.29 is 23.0 Å². The molecule has 0 spiro atoms. The number of para-hydroxylation sites is 1. The predicted octanol–water partition coefficient (Wildman–Crippen LogP) is 5.56. The Morgan fingerprint density at radius 3 is 2.47 bits per heavy atom. The molecule has 0 aromatic heterocycles. The minimum atomic E-state index is -4.36. The van der Waals surface area contributed by atoms with Crippen molar-refractivity contribution in [3.8, 4) is 0 Å². The maximum Gasteiger partial charge on any atom is 0.416 e. The van der Waals surface area contributed by atoms with Crippen LogP contribution in [0.4, 0.5) is 24.5 Å². The lowest BCUT2D eigenvalue weighted by molar-refractivity contribution is -0.137. The second kappa shape index (κ2) is 10.5. The van der Waals surface area contributed by atoms with Gasteiger partial charge in [0.25, 0.3) is 0 Å².